The van der Waals surface area contributed by atoms with E-state index in [1.165, 1.54) is 50.6 Å². The Labute approximate surface area is 109 Å². The van der Waals surface area contributed by atoms with Crippen LogP contribution in [-0.4, -0.2) is 23.2 Å². The van der Waals surface area contributed by atoms with Crippen LogP contribution < -0.4 is 0 Å². The van der Waals surface area contributed by atoms with Crippen molar-refractivity contribution in [1.82, 2.24) is 9.97 Å². The van der Waals surface area contributed by atoms with E-state index in [0.717, 1.165) is 25.0 Å². The zero-order valence-electron chi connectivity index (χ0n) is 11.1. The van der Waals surface area contributed by atoms with Gasteiger partial charge in [0, 0.05) is 24.4 Å². The molecule has 0 aliphatic heterocycles. The summed E-state index contributed by atoms with van der Waals surface area (Å²) in [6, 6.07) is 0. The van der Waals surface area contributed by atoms with Gasteiger partial charge in [-0.1, -0.05) is 32.1 Å². The van der Waals surface area contributed by atoms with E-state index in [9.17, 15) is 0 Å². The van der Waals surface area contributed by atoms with Crippen LogP contribution in [0.2, 0.25) is 0 Å². The fraction of sp³-hybridized carbons (Fsp3) is 0.800. The highest BCUT2D eigenvalue weighted by Gasteiger charge is 2.39. The highest BCUT2D eigenvalue weighted by Crippen LogP contribution is 2.46. The summed E-state index contributed by atoms with van der Waals surface area (Å²) >= 11 is 0. The van der Waals surface area contributed by atoms with Crippen LogP contribution in [0.5, 0.6) is 0 Å². The molecule has 0 radical (unpaired) electrons. The number of aromatic amines is 1. The predicted molar refractivity (Wildman–Crippen MR) is 71.4 cm³/mol. The molecule has 1 aromatic rings. The number of rotatable bonds is 6. The molecule has 3 nitrogen and oxygen atoms in total. The zero-order chi connectivity index (χ0) is 12.2. The summed E-state index contributed by atoms with van der Waals surface area (Å²) in [7, 11) is 0. The van der Waals surface area contributed by atoms with E-state index >= 15 is 0 Å². The van der Waals surface area contributed by atoms with Gasteiger partial charge in [0.25, 0.3) is 0 Å². The second-order valence-electron chi connectivity index (χ2n) is 5.98. The lowest BCUT2D eigenvalue weighted by Gasteiger charge is -2.21. The molecule has 0 bridgehead atoms. The van der Waals surface area contributed by atoms with Crippen molar-refractivity contribution in [3.8, 4) is 0 Å². The van der Waals surface area contributed by atoms with Crippen molar-refractivity contribution in [2.75, 3.05) is 13.2 Å². The lowest BCUT2D eigenvalue weighted by molar-refractivity contribution is 0.104. The van der Waals surface area contributed by atoms with E-state index in [2.05, 4.69) is 9.97 Å². The van der Waals surface area contributed by atoms with Gasteiger partial charge in [-0.3, -0.25) is 0 Å². The third-order valence-corrected chi connectivity index (χ3v) is 4.57. The van der Waals surface area contributed by atoms with Crippen LogP contribution in [0.3, 0.4) is 0 Å². The Balaban J connectivity index is 1.27. The van der Waals surface area contributed by atoms with Crippen LogP contribution in [-0.2, 0) is 4.74 Å². The van der Waals surface area contributed by atoms with Gasteiger partial charge in [-0.15, -0.1) is 0 Å². The van der Waals surface area contributed by atoms with Crippen LogP contribution >= 0.6 is 0 Å². The van der Waals surface area contributed by atoms with Gasteiger partial charge >= 0.3 is 0 Å². The first kappa shape index (κ1) is 12.2. The average Bonchev–Trinajstić information content (AvgIpc) is 2.98. The van der Waals surface area contributed by atoms with Crippen molar-refractivity contribution < 1.29 is 4.74 Å². The average molecular weight is 248 g/mol. The van der Waals surface area contributed by atoms with Gasteiger partial charge in [0.05, 0.1) is 12.9 Å². The minimum absolute atomic E-state index is 0.683. The fourth-order valence-electron chi connectivity index (χ4n) is 3.24. The number of H-pyrrole nitrogens is 1. The molecule has 0 aromatic carbocycles. The first-order chi connectivity index (χ1) is 8.93. The normalized spacial score (nSPS) is 28.4. The Morgan fingerprint density at radius 2 is 2.17 bits per heavy atom. The van der Waals surface area contributed by atoms with Gasteiger partial charge < -0.3 is 9.72 Å². The van der Waals surface area contributed by atoms with Gasteiger partial charge in [-0.2, -0.15) is 0 Å². The maximum Gasteiger partial charge on any atom is 0.0921 e. The maximum absolute atomic E-state index is 5.85. The van der Waals surface area contributed by atoms with Crippen LogP contribution in [0.25, 0.3) is 0 Å². The lowest BCUT2D eigenvalue weighted by Crippen LogP contribution is -2.10. The van der Waals surface area contributed by atoms with Crippen molar-refractivity contribution in [3.63, 3.8) is 0 Å². The van der Waals surface area contributed by atoms with Crippen molar-refractivity contribution in [1.29, 1.82) is 0 Å². The van der Waals surface area contributed by atoms with Gasteiger partial charge in [0.1, 0.15) is 0 Å². The Kier molecular flexibility index (Phi) is 3.99. The van der Waals surface area contributed by atoms with E-state index in [-0.39, 0.29) is 0 Å². The zero-order valence-corrected chi connectivity index (χ0v) is 11.1. The molecule has 0 unspecified atom stereocenters. The van der Waals surface area contributed by atoms with E-state index < -0.39 is 0 Å². The molecular formula is C15H24N2O. The Hall–Kier alpha value is -0.830. The summed E-state index contributed by atoms with van der Waals surface area (Å²) in [5.41, 5.74) is 1.29. The van der Waals surface area contributed by atoms with Crippen LogP contribution in [0.15, 0.2) is 12.5 Å². The molecule has 1 aromatic heterocycles. The molecule has 100 valence electrons. The third-order valence-electron chi connectivity index (χ3n) is 4.57. The number of ether oxygens (including phenoxy) is 1. The number of hydrogen-bond donors (Lipinski definition) is 1. The summed E-state index contributed by atoms with van der Waals surface area (Å²) in [5.74, 6) is 2.36. The Morgan fingerprint density at radius 3 is 2.94 bits per heavy atom. The summed E-state index contributed by atoms with van der Waals surface area (Å²) < 4.78 is 5.85. The van der Waals surface area contributed by atoms with Gasteiger partial charge in [0.15, 0.2) is 0 Å². The summed E-state index contributed by atoms with van der Waals surface area (Å²) in [6.45, 7) is 1.91. The van der Waals surface area contributed by atoms with Crippen molar-refractivity contribution in [2.24, 2.45) is 11.8 Å². The molecule has 1 heterocycles. The molecule has 3 rings (SSSR count). The monoisotopic (exact) mass is 248 g/mol. The number of nitrogens with zero attached hydrogens (tertiary/aromatic N) is 1. The summed E-state index contributed by atoms with van der Waals surface area (Å²) in [4.78, 5) is 7.28. The van der Waals surface area contributed by atoms with Gasteiger partial charge in [0.2, 0.25) is 0 Å². The highest BCUT2D eigenvalue weighted by atomic mass is 16.5. The molecule has 2 fully saturated rings. The molecule has 2 saturated carbocycles. The van der Waals surface area contributed by atoms with Crippen molar-refractivity contribution >= 4 is 0 Å². The molecular weight excluding hydrogens is 224 g/mol. The minimum Gasteiger partial charge on any atom is -0.381 e. The second kappa shape index (κ2) is 5.87. The topological polar surface area (TPSA) is 37.9 Å². The summed E-state index contributed by atoms with van der Waals surface area (Å²) in [6.07, 6.45) is 13.5. The number of nitrogens with one attached hydrogen (secondary N) is 1. The molecule has 2 aliphatic rings. The molecule has 0 spiro atoms. The molecule has 18 heavy (non-hydrogen) atoms. The largest absolute Gasteiger partial charge is 0.381 e. The quantitative estimate of drug-likeness (QED) is 0.782. The standard InChI is InChI=1S/C15H24N2O/c1-2-4-12(5-3-1)6-7-18-10-13-8-14(13)15-9-16-11-17-15/h9,11-14H,1-8,10H2,(H,16,17)/t13-,14-/m0/s1. The Bertz CT molecular complexity index is 343. The number of imidazole rings is 1. The van der Waals surface area contributed by atoms with E-state index in [0.29, 0.717) is 5.92 Å². The van der Waals surface area contributed by atoms with E-state index in [4.69, 9.17) is 4.74 Å². The molecule has 1 N–H and O–H groups in total. The first-order valence-electron chi connectivity index (χ1n) is 7.49. The van der Waals surface area contributed by atoms with Crippen molar-refractivity contribution in [2.45, 2.75) is 50.9 Å². The molecule has 0 amide bonds. The molecule has 0 saturated heterocycles. The van der Waals surface area contributed by atoms with Crippen LogP contribution in [0.4, 0.5) is 0 Å². The first-order valence-corrected chi connectivity index (χ1v) is 7.49. The van der Waals surface area contributed by atoms with Crippen molar-refractivity contribution in [3.05, 3.63) is 18.2 Å². The predicted octanol–water partition coefficient (Wildman–Crippen LogP) is 3.50. The molecule has 3 heteroatoms. The number of aromatic nitrogens is 2. The SMILES string of the molecule is c1ncc([C@H]2C[C@H]2COCCC2CCCCC2)[nH]1. The molecule has 2 aliphatic carbocycles. The van der Waals surface area contributed by atoms with Crippen LogP contribution in [0.1, 0.15) is 56.6 Å². The maximum atomic E-state index is 5.85. The number of hydrogen-bond acceptors (Lipinski definition) is 2. The second-order valence-corrected chi connectivity index (χ2v) is 5.98. The Morgan fingerprint density at radius 1 is 1.28 bits per heavy atom. The van der Waals surface area contributed by atoms with E-state index in [1.54, 1.807) is 6.33 Å². The highest BCUT2D eigenvalue weighted by molar-refractivity contribution is 5.14. The lowest BCUT2D eigenvalue weighted by atomic mass is 9.87. The third kappa shape index (κ3) is 3.14. The van der Waals surface area contributed by atoms with Gasteiger partial charge in [-0.25, -0.2) is 4.98 Å². The van der Waals surface area contributed by atoms with Gasteiger partial charge in [-0.05, 0) is 24.7 Å². The molecule has 2 atom stereocenters. The smallest absolute Gasteiger partial charge is 0.0921 e. The van der Waals surface area contributed by atoms with E-state index in [1.807, 2.05) is 6.20 Å². The minimum atomic E-state index is 0.683. The van der Waals surface area contributed by atoms with Crippen LogP contribution in [0, 0.1) is 11.8 Å². The summed E-state index contributed by atoms with van der Waals surface area (Å²) in [5, 5.41) is 0. The fourth-order valence-corrected chi connectivity index (χ4v) is 3.24.